The summed E-state index contributed by atoms with van der Waals surface area (Å²) in [5.74, 6) is -0.787. The quantitative estimate of drug-likeness (QED) is 0.162. The molecule has 5 aromatic rings. The molecule has 8 heteroatoms. The molecule has 0 fully saturated rings. The lowest BCUT2D eigenvalue weighted by atomic mass is 10.0. The Morgan fingerprint density at radius 3 is 2.17 bits per heavy atom. The van der Waals surface area contributed by atoms with E-state index >= 15 is 0 Å². The number of carboxylic acids is 1. The number of para-hydroxylation sites is 1. The van der Waals surface area contributed by atoms with E-state index in [0.29, 0.717) is 23.4 Å². The van der Waals surface area contributed by atoms with Gasteiger partial charge in [-0.2, -0.15) is 0 Å². The van der Waals surface area contributed by atoms with Crippen molar-refractivity contribution in [1.82, 2.24) is 5.32 Å². The molecule has 5 rings (SSSR count). The number of rotatable bonds is 11. The Balaban J connectivity index is 1.27. The van der Waals surface area contributed by atoms with Gasteiger partial charge >= 0.3 is 5.97 Å². The molecule has 1 aromatic heterocycles. The summed E-state index contributed by atoms with van der Waals surface area (Å²) >= 11 is 0. The summed E-state index contributed by atoms with van der Waals surface area (Å²) in [5, 5.41) is 18.7. The molecule has 0 saturated heterocycles. The second kappa shape index (κ2) is 12.7. The second-order valence-corrected chi connectivity index (χ2v) is 9.58. The summed E-state index contributed by atoms with van der Waals surface area (Å²) in [6.45, 7) is 0.0484. The molecule has 0 saturated carbocycles. The number of hydrogen-bond acceptors (Lipinski definition) is 5. The van der Waals surface area contributed by atoms with Crippen molar-refractivity contribution in [1.29, 1.82) is 0 Å². The lowest BCUT2D eigenvalue weighted by Crippen LogP contribution is -2.36. The van der Waals surface area contributed by atoms with Crippen LogP contribution in [0, 0.1) is 0 Å². The van der Waals surface area contributed by atoms with Gasteiger partial charge in [0.2, 0.25) is 5.91 Å². The van der Waals surface area contributed by atoms with Crippen molar-refractivity contribution in [3.8, 4) is 11.3 Å². The topological polar surface area (TPSA) is 121 Å². The van der Waals surface area contributed by atoms with Gasteiger partial charge in [-0.15, -0.1) is 0 Å². The maximum absolute atomic E-state index is 13.4. The largest absolute Gasteiger partial charge is 0.481 e. The third-order valence-electron chi connectivity index (χ3n) is 6.57. The van der Waals surface area contributed by atoms with Crippen LogP contribution in [-0.4, -0.2) is 35.5 Å². The third-order valence-corrected chi connectivity index (χ3v) is 6.57. The normalized spacial score (nSPS) is 11.5. The Kier molecular flexibility index (Phi) is 8.40. The fraction of sp³-hybridized carbons (Fsp3) is 0.121. The van der Waals surface area contributed by atoms with E-state index in [0.717, 1.165) is 27.9 Å². The van der Waals surface area contributed by atoms with Crippen LogP contribution in [-0.2, 0) is 16.0 Å². The Labute approximate surface area is 237 Å². The average Bonchev–Trinajstić information content (AvgIpc) is 3.42. The standard InChI is InChI=1S/C33H29N3O5/c37-31(38)18-19-34-32(39)24-12-16-26(17-13-24)35-28(20-22-6-2-1-3-7-22)33(40)36-27-14-10-23(11-15-27)30-21-25-8-4-5-9-29(25)41-30/h1-17,21,28,35H,18-20H2,(H,34,39)(H,36,40)(H,37,38). The number of fused-ring (bicyclic) bond motifs is 1. The zero-order valence-electron chi connectivity index (χ0n) is 22.2. The predicted octanol–water partition coefficient (Wildman–Crippen LogP) is 5.97. The summed E-state index contributed by atoms with van der Waals surface area (Å²) in [4.78, 5) is 36.4. The van der Waals surface area contributed by atoms with Crippen LogP contribution in [0.3, 0.4) is 0 Å². The van der Waals surface area contributed by atoms with Crippen molar-refractivity contribution in [2.45, 2.75) is 18.9 Å². The first kappa shape index (κ1) is 27.2. The number of nitrogens with one attached hydrogen (secondary N) is 3. The first-order valence-corrected chi connectivity index (χ1v) is 13.2. The minimum absolute atomic E-state index is 0.0484. The van der Waals surface area contributed by atoms with Crippen LogP contribution in [0.1, 0.15) is 22.3 Å². The molecule has 41 heavy (non-hydrogen) atoms. The summed E-state index contributed by atoms with van der Waals surface area (Å²) in [5.41, 5.74) is 4.45. The zero-order chi connectivity index (χ0) is 28.6. The number of carbonyl (C=O) groups is 3. The van der Waals surface area contributed by atoms with Crippen molar-refractivity contribution in [3.63, 3.8) is 0 Å². The van der Waals surface area contributed by atoms with Crippen LogP contribution in [0.2, 0.25) is 0 Å². The number of aliphatic carboxylic acids is 1. The molecule has 0 aliphatic carbocycles. The van der Waals surface area contributed by atoms with Crippen LogP contribution < -0.4 is 16.0 Å². The monoisotopic (exact) mass is 547 g/mol. The van der Waals surface area contributed by atoms with E-state index in [2.05, 4.69) is 16.0 Å². The van der Waals surface area contributed by atoms with E-state index in [1.54, 1.807) is 24.3 Å². The number of furan rings is 1. The highest BCUT2D eigenvalue weighted by atomic mass is 16.4. The molecule has 1 atom stereocenters. The molecular weight excluding hydrogens is 518 g/mol. The molecule has 2 amide bonds. The number of anilines is 2. The summed E-state index contributed by atoms with van der Waals surface area (Å²) in [6.07, 6.45) is 0.297. The molecule has 0 spiro atoms. The first-order valence-electron chi connectivity index (χ1n) is 13.2. The first-order chi connectivity index (χ1) is 19.9. The fourth-order valence-electron chi connectivity index (χ4n) is 4.43. The Bertz CT molecular complexity index is 1610. The lowest BCUT2D eigenvalue weighted by molar-refractivity contribution is -0.136. The SMILES string of the molecule is O=C(O)CCNC(=O)c1ccc(NC(Cc2ccccc2)C(=O)Nc2ccc(-c3cc4ccccc4o3)cc2)cc1. The van der Waals surface area contributed by atoms with E-state index in [1.807, 2.05) is 84.9 Å². The molecule has 206 valence electrons. The molecule has 4 aromatic carbocycles. The molecular formula is C33H29N3O5. The van der Waals surface area contributed by atoms with Crippen molar-refractivity contribution in [2.24, 2.45) is 0 Å². The minimum Gasteiger partial charge on any atom is -0.481 e. The van der Waals surface area contributed by atoms with Gasteiger partial charge < -0.3 is 25.5 Å². The minimum atomic E-state index is -0.977. The zero-order valence-corrected chi connectivity index (χ0v) is 22.2. The van der Waals surface area contributed by atoms with Crippen molar-refractivity contribution in [2.75, 3.05) is 17.2 Å². The highest BCUT2D eigenvalue weighted by Gasteiger charge is 2.20. The van der Waals surface area contributed by atoms with Gasteiger partial charge in [0.25, 0.3) is 5.91 Å². The van der Waals surface area contributed by atoms with Gasteiger partial charge in [0.1, 0.15) is 17.4 Å². The van der Waals surface area contributed by atoms with Gasteiger partial charge in [0.05, 0.1) is 6.42 Å². The van der Waals surface area contributed by atoms with Crippen molar-refractivity contribution >= 4 is 40.1 Å². The summed E-state index contributed by atoms with van der Waals surface area (Å²) < 4.78 is 5.95. The lowest BCUT2D eigenvalue weighted by Gasteiger charge is -2.20. The van der Waals surface area contributed by atoms with Gasteiger partial charge in [-0.25, -0.2) is 0 Å². The highest BCUT2D eigenvalue weighted by molar-refractivity contribution is 5.97. The molecule has 8 nitrogen and oxygen atoms in total. The van der Waals surface area contributed by atoms with Gasteiger partial charge in [0.15, 0.2) is 0 Å². The number of carbonyl (C=O) groups excluding carboxylic acids is 2. The van der Waals surface area contributed by atoms with Crippen LogP contribution in [0.4, 0.5) is 11.4 Å². The molecule has 0 aliphatic rings. The number of amides is 2. The molecule has 1 unspecified atom stereocenters. The van der Waals surface area contributed by atoms with Gasteiger partial charge in [-0.3, -0.25) is 14.4 Å². The highest BCUT2D eigenvalue weighted by Crippen LogP contribution is 2.28. The maximum atomic E-state index is 13.4. The van der Waals surface area contributed by atoms with E-state index in [1.165, 1.54) is 0 Å². The number of carboxylic acid groups (broad SMARTS) is 1. The molecule has 1 heterocycles. The van der Waals surface area contributed by atoms with Crippen molar-refractivity contribution in [3.05, 3.63) is 120 Å². The van der Waals surface area contributed by atoms with Crippen LogP contribution in [0.5, 0.6) is 0 Å². The fourth-order valence-corrected chi connectivity index (χ4v) is 4.43. The van der Waals surface area contributed by atoms with Crippen molar-refractivity contribution < 1.29 is 23.9 Å². The van der Waals surface area contributed by atoms with Gasteiger partial charge in [-0.05, 0) is 66.2 Å². The van der Waals surface area contributed by atoms with E-state index in [4.69, 9.17) is 9.52 Å². The van der Waals surface area contributed by atoms with E-state index < -0.39 is 12.0 Å². The molecule has 0 aliphatic heterocycles. The Morgan fingerprint density at radius 2 is 1.46 bits per heavy atom. The third kappa shape index (κ3) is 7.19. The molecule has 0 radical (unpaired) electrons. The Morgan fingerprint density at radius 1 is 0.780 bits per heavy atom. The molecule has 4 N–H and O–H groups in total. The van der Waals surface area contributed by atoms with Crippen LogP contribution >= 0.6 is 0 Å². The van der Waals surface area contributed by atoms with E-state index in [9.17, 15) is 14.4 Å². The van der Waals surface area contributed by atoms with E-state index in [-0.39, 0.29) is 24.8 Å². The Hall–Kier alpha value is -5.37. The number of benzene rings is 4. The van der Waals surface area contributed by atoms with Crippen LogP contribution in [0.25, 0.3) is 22.3 Å². The predicted molar refractivity (Wildman–Crippen MR) is 159 cm³/mol. The molecule has 0 bridgehead atoms. The number of hydrogen-bond donors (Lipinski definition) is 4. The van der Waals surface area contributed by atoms with Gasteiger partial charge in [0, 0.05) is 40.9 Å². The summed E-state index contributed by atoms with van der Waals surface area (Å²) in [6, 6.07) is 33.2. The second-order valence-electron chi connectivity index (χ2n) is 9.58. The average molecular weight is 548 g/mol. The summed E-state index contributed by atoms with van der Waals surface area (Å²) in [7, 11) is 0. The van der Waals surface area contributed by atoms with Gasteiger partial charge in [-0.1, -0.05) is 48.5 Å². The maximum Gasteiger partial charge on any atom is 0.305 e. The van der Waals surface area contributed by atoms with Crippen LogP contribution in [0.15, 0.2) is 114 Å². The smallest absolute Gasteiger partial charge is 0.305 e.